The van der Waals surface area contributed by atoms with Gasteiger partial charge in [0, 0.05) is 11.4 Å². The van der Waals surface area contributed by atoms with E-state index in [1.165, 1.54) is 0 Å². The van der Waals surface area contributed by atoms with Crippen LogP contribution in [0, 0.1) is 0 Å². The average molecular weight is 282 g/mol. The van der Waals surface area contributed by atoms with Gasteiger partial charge in [-0.1, -0.05) is 11.6 Å². The molecule has 1 aromatic carbocycles. The Hall–Kier alpha value is -0.850. The average Bonchev–Trinajstić information content (AvgIpc) is 2.57. The number of nitrogens with zero attached hydrogens (tertiary/aromatic N) is 1. The van der Waals surface area contributed by atoms with Gasteiger partial charge in [-0.3, -0.25) is 0 Å². The number of aliphatic hydroxyl groups excluding tert-OH is 1. The fraction of sp³-hybridized carbons (Fsp3) is 0.300. The van der Waals surface area contributed by atoms with Crippen LogP contribution in [0.4, 0.5) is 13.2 Å². The highest BCUT2D eigenvalue weighted by Crippen LogP contribution is 2.28. The van der Waals surface area contributed by atoms with Gasteiger partial charge in [0.15, 0.2) is 6.10 Å². The molecule has 7 heteroatoms. The molecule has 2 aromatic rings. The lowest BCUT2D eigenvalue weighted by Gasteiger charge is -2.12. The van der Waals surface area contributed by atoms with Crippen molar-refractivity contribution < 1.29 is 18.3 Å². The smallest absolute Gasteiger partial charge is 0.383 e. The second-order valence-electron chi connectivity index (χ2n) is 3.48. The van der Waals surface area contributed by atoms with Crippen LogP contribution in [0.1, 0.15) is 5.01 Å². The zero-order chi connectivity index (χ0) is 12.6. The Morgan fingerprint density at radius 3 is 2.76 bits per heavy atom. The van der Waals surface area contributed by atoms with Gasteiger partial charge in [-0.2, -0.15) is 13.2 Å². The van der Waals surface area contributed by atoms with Crippen molar-refractivity contribution >= 4 is 33.2 Å². The third-order valence-corrected chi connectivity index (χ3v) is 3.43. The van der Waals surface area contributed by atoms with E-state index >= 15 is 0 Å². The lowest BCUT2D eigenvalue weighted by atomic mass is 10.2. The van der Waals surface area contributed by atoms with Gasteiger partial charge in [-0.25, -0.2) is 4.98 Å². The van der Waals surface area contributed by atoms with E-state index in [1.54, 1.807) is 18.2 Å². The molecule has 1 aromatic heterocycles. The van der Waals surface area contributed by atoms with Crippen molar-refractivity contribution in [3.63, 3.8) is 0 Å². The van der Waals surface area contributed by atoms with Crippen LogP contribution >= 0.6 is 22.9 Å². The Bertz CT molecular complexity index is 540. The summed E-state index contributed by atoms with van der Waals surface area (Å²) in [5.74, 6) is 0. The van der Waals surface area contributed by atoms with E-state index in [0.29, 0.717) is 10.5 Å². The first-order valence-electron chi connectivity index (χ1n) is 4.66. The maximum Gasteiger partial charge on any atom is 0.414 e. The molecule has 17 heavy (non-hydrogen) atoms. The van der Waals surface area contributed by atoms with Crippen LogP contribution in [0.15, 0.2) is 18.2 Å². The normalized spacial score (nSPS) is 14.2. The maximum atomic E-state index is 12.2. The molecule has 0 saturated carbocycles. The van der Waals surface area contributed by atoms with Crippen molar-refractivity contribution in [2.45, 2.75) is 18.7 Å². The Morgan fingerprint density at radius 2 is 2.12 bits per heavy atom. The van der Waals surface area contributed by atoms with Crippen molar-refractivity contribution in [1.82, 2.24) is 4.98 Å². The van der Waals surface area contributed by atoms with Crippen LogP contribution in [0.5, 0.6) is 0 Å². The highest BCUT2D eigenvalue weighted by Gasteiger charge is 2.38. The van der Waals surface area contributed by atoms with Crippen LogP contribution in [-0.4, -0.2) is 22.4 Å². The molecule has 1 heterocycles. The molecule has 92 valence electrons. The first-order valence-corrected chi connectivity index (χ1v) is 5.85. The molecule has 0 fully saturated rings. The Balaban J connectivity index is 2.25. The summed E-state index contributed by atoms with van der Waals surface area (Å²) in [6, 6.07) is 4.92. The zero-order valence-corrected chi connectivity index (χ0v) is 9.90. The van der Waals surface area contributed by atoms with Crippen LogP contribution in [0.25, 0.3) is 10.2 Å². The highest BCUT2D eigenvalue weighted by atomic mass is 35.5. The van der Waals surface area contributed by atoms with Crippen molar-refractivity contribution in [2.24, 2.45) is 0 Å². The second kappa shape index (κ2) is 4.44. The van der Waals surface area contributed by atoms with E-state index in [-0.39, 0.29) is 5.01 Å². The molecule has 0 aliphatic carbocycles. The zero-order valence-electron chi connectivity index (χ0n) is 8.33. The number of halogens is 4. The predicted molar refractivity (Wildman–Crippen MR) is 60.4 cm³/mol. The summed E-state index contributed by atoms with van der Waals surface area (Å²) in [4.78, 5) is 4.00. The molecule has 1 atom stereocenters. The summed E-state index contributed by atoms with van der Waals surface area (Å²) in [6.07, 6.45) is -7.52. The number of rotatable bonds is 2. The molecular weight excluding hydrogens is 275 g/mol. The van der Waals surface area contributed by atoms with E-state index < -0.39 is 18.7 Å². The van der Waals surface area contributed by atoms with Crippen LogP contribution in [0.2, 0.25) is 5.02 Å². The molecular formula is C10H7ClF3NOS. The number of aromatic nitrogens is 1. The number of hydrogen-bond acceptors (Lipinski definition) is 3. The lowest BCUT2D eigenvalue weighted by molar-refractivity contribution is -0.203. The maximum absolute atomic E-state index is 12.2. The van der Waals surface area contributed by atoms with Gasteiger partial charge < -0.3 is 5.11 Å². The largest absolute Gasteiger partial charge is 0.414 e. The third kappa shape index (κ3) is 2.88. The number of thiazole rings is 1. The van der Waals surface area contributed by atoms with Gasteiger partial charge in [0.05, 0.1) is 15.2 Å². The van der Waals surface area contributed by atoms with Crippen molar-refractivity contribution in [3.8, 4) is 0 Å². The van der Waals surface area contributed by atoms with Crippen molar-refractivity contribution in [3.05, 3.63) is 28.2 Å². The van der Waals surface area contributed by atoms with E-state index in [9.17, 15) is 13.2 Å². The van der Waals surface area contributed by atoms with E-state index in [4.69, 9.17) is 16.7 Å². The Labute approximate surface area is 104 Å². The molecule has 0 amide bonds. The van der Waals surface area contributed by atoms with E-state index in [1.807, 2.05) is 0 Å². The fourth-order valence-corrected chi connectivity index (χ4v) is 2.47. The molecule has 2 nitrogen and oxygen atoms in total. The van der Waals surface area contributed by atoms with Gasteiger partial charge in [-0.05, 0) is 18.2 Å². The lowest BCUT2D eigenvalue weighted by Crippen LogP contribution is -2.30. The molecule has 2 rings (SSSR count). The summed E-state index contributed by atoms with van der Waals surface area (Å²) >= 11 is 6.86. The molecule has 0 saturated heterocycles. The van der Waals surface area contributed by atoms with Crippen molar-refractivity contribution in [1.29, 1.82) is 0 Å². The van der Waals surface area contributed by atoms with Crippen molar-refractivity contribution in [2.75, 3.05) is 0 Å². The van der Waals surface area contributed by atoms with Gasteiger partial charge >= 0.3 is 6.18 Å². The first kappa shape index (κ1) is 12.6. The summed E-state index contributed by atoms with van der Waals surface area (Å²) in [5, 5.41) is 9.65. The summed E-state index contributed by atoms with van der Waals surface area (Å²) in [5.41, 5.74) is 0.548. The van der Waals surface area contributed by atoms with E-state index in [2.05, 4.69) is 4.98 Å². The SMILES string of the molecule is OC(Cc1nc2cc(Cl)ccc2s1)C(F)(F)F. The minimum absolute atomic E-state index is 0.243. The molecule has 0 bridgehead atoms. The predicted octanol–water partition coefficient (Wildman–Crippen LogP) is 3.42. The standard InChI is InChI=1S/C10H7ClF3NOS/c11-5-1-2-7-6(3-5)15-9(17-7)4-8(16)10(12,13)14/h1-3,8,16H,4H2. The summed E-state index contributed by atoms with van der Waals surface area (Å²) in [6.45, 7) is 0. The Kier molecular flexibility index (Phi) is 3.29. The van der Waals surface area contributed by atoms with Crippen LogP contribution in [-0.2, 0) is 6.42 Å². The number of benzene rings is 1. The number of alkyl halides is 3. The number of fused-ring (bicyclic) bond motifs is 1. The summed E-state index contributed by atoms with van der Waals surface area (Å²) in [7, 11) is 0. The molecule has 0 spiro atoms. The minimum atomic E-state index is -4.62. The monoisotopic (exact) mass is 281 g/mol. The minimum Gasteiger partial charge on any atom is -0.383 e. The quantitative estimate of drug-likeness (QED) is 0.915. The first-order chi connectivity index (χ1) is 7.86. The van der Waals surface area contributed by atoms with Crippen LogP contribution in [0.3, 0.4) is 0 Å². The van der Waals surface area contributed by atoms with E-state index in [0.717, 1.165) is 16.0 Å². The molecule has 1 N–H and O–H groups in total. The van der Waals surface area contributed by atoms with Gasteiger partial charge in [-0.15, -0.1) is 11.3 Å². The molecule has 0 aliphatic heterocycles. The highest BCUT2D eigenvalue weighted by molar-refractivity contribution is 7.18. The number of hydrogen-bond donors (Lipinski definition) is 1. The second-order valence-corrected chi connectivity index (χ2v) is 5.03. The topological polar surface area (TPSA) is 33.1 Å². The fourth-order valence-electron chi connectivity index (χ4n) is 1.32. The van der Waals surface area contributed by atoms with Gasteiger partial charge in [0.2, 0.25) is 0 Å². The molecule has 0 aliphatic rings. The molecule has 1 unspecified atom stereocenters. The third-order valence-electron chi connectivity index (χ3n) is 2.14. The van der Waals surface area contributed by atoms with Crippen LogP contribution < -0.4 is 0 Å². The molecule has 0 radical (unpaired) electrons. The van der Waals surface area contributed by atoms with Gasteiger partial charge in [0.1, 0.15) is 0 Å². The summed E-state index contributed by atoms with van der Waals surface area (Å²) < 4.78 is 37.2. The van der Waals surface area contributed by atoms with Gasteiger partial charge in [0.25, 0.3) is 0 Å². The Morgan fingerprint density at radius 1 is 1.41 bits per heavy atom. The number of aliphatic hydroxyl groups is 1.